The third kappa shape index (κ3) is 5.17. The summed E-state index contributed by atoms with van der Waals surface area (Å²) in [4.78, 5) is 16.6. The molecule has 3 aromatic heterocycles. The molecule has 36 heavy (non-hydrogen) atoms. The van der Waals surface area contributed by atoms with Gasteiger partial charge in [-0.05, 0) is 62.6 Å². The molecule has 4 aromatic rings. The van der Waals surface area contributed by atoms with E-state index in [1.807, 2.05) is 0 Å². The topological polar surface area (TPSA) is 81.0 Å². The Kier molecular flexibility index (Phi) is 6.97. The van der Waals surface area contributed by atoms with Gasteiger partial charge >= 0.3 is 0 Å². The van der Waals surface area contributed by atoms with Crippen molar-refractivity contribution in [1.82, 2.24) is 19.9 Å². The molecule has 3 heterocycles. The molecule has 4 rings (SSSR count). The second-order valence-corrected chi connectivity index (χ2v) is 9.15. The first kappa shape index (κ1) is 25.5. The molecule has 0 atom stereocenters. The molecule has 0 aliphatic rings. The van der Waals surface area contributed by atoms with Crippen molar-refractivity contribution in [3.63, 3.8) is 0 Å². The summed E-state index contributed by atoms with van der Waals surface area (Å²) in [6, 6.07) is 5.56. The molecule has 1 N–H and O–H groups in total. The Balaban J connectivity index is 1.71. The largest absolute Gasteiger partial charge is 0.485 e. The number of aryl methyl sites for hydroxylation is 2. The van der Waals surface area contributed by atoms with Gasteiger partial charge < -0.3 is 9.84 Å². The number of nitrogens with zero attached hydrogens (tertiary/aromatic N) is 4. The predicted octanol–water partition coefficient (Wildman–Crippen LogP) is 6.09. The Hall–Kier alpha value is -3.56. The van der Waals surface area contributed by atoms with E-state index in [0.717, 1.165) is 6.20 Å². The molecule has 6 nitrogen and oxygen atoms in total. The molecule has 186 valence electrons. The molecule has 0 bridgehead atoms. The number of aromatic nitrogens is 4. The average molecular weight is 515 g/mol. The number of hydrogen-bond acceptors (Lipinski definition) is 6. The number of halogens is 4. The molecule has 0 aliphatic carbocycles. The second kappa shape index (κ2) is 9.83. The van der Waals surface area contributed by atoms with Crippen LogP contribution in [0.15, 0.2) is 42.9 Å². The number of benzene rings is 1. The normalized spacial score (nSPS) is 11.6. The highest BCUT2D eigenvalue weighted by molar-refractivity contribution is 6.32. The predicted molar refractivity (Wildman–Crippen MR) is 129 cm³/mol. The Morgan fingerprint density at radius 2 is 1.72 bits per heavy atom. The van der Waals surface area contributed by atoms with E-state index in [1.165, 1.54) is 6.20 Å². The van der Waals surface area contributed by atoms with Gasteiger partial charge in [0, 0.05) is 24.0 Å². The van der Waals surface area contributed by atoms with Crippen LogP contribution in [0.1, 0.15) is 36.5 Å². The summed E-state index contributed by atoms with van der Waals surface area (Å²) in [5.74, 6) is -2.19. The molecule has 1 aromatic carbocycles. The van der Waals surface area contributed by atoms with Crippen LogP contribution in [-0.4, -0.2) is 25.0 Å². The van der Waals surface area contributed by atoms with Crippen LogP contribution in [0.4, 0.5) is 13.2 Å². The highest BCUT2D eigenvalue weighted by Gasteiger charge is 2.22. The Bertz CT molecular complexity index is 1460. The highest BCUT2D eigenvalue weighted by atomic mass is 35.5. The lowest BCUT2D eigenvalue weighted by Gasteiger charge is -2.17. The van der Waals surface area contributed by atoms with Gasteiger partial charge in [-0.25, -0.2) is 23.1 Å². The van der Waals surface area contributed by atoms with Crippen LogP contribution < -0.4 is 4.74 Å². The van der Waals surface area contributed by atoms with E-state index in [2.05, 4.69) is 19.9 Å². The number of ether oxygens (including phenoxy) is 1. The third-order valence-electron chi connectivity index (χ3n) is 5.46. The fourth-order valence-corrected chi connectivity index (χ4v) is 3.79. The molecule has 0 amide bonds. The summed E-state index contributed by atoms with van der Waals surface area (Å²) in [7, 11) is 0. The number of pyridine rings is 2. The van der Waals surface area contributed by atoms with Crippen LogP contribution in [0.5, 0.6) is 5.75 Å². The lowest BCUT2D eigenvalue weighted by atomic mass is 9.95. The minimum atomic E-state index is -1.25. The summed E-state index contributed by atoms with van der Waals surface area (Å²) in [6.07, 6.45) is 3.98. The van der Waals surface area contributed by atoms with Crippen LogP contribution in [0.2, 0.25) is 5.02 Å². The molecule has 0 spiro atoms. The quantitative estimate of drug-likeness (QED) is 0.335. The van der Waals surface area contributed by atoms with E-state index in [9.17, 15) is 13.9 Å². The van der Waals surface area contributed by atoms with Gasteiger partial charge in [-0.15, -0.1) is 0 Å². The first-order valence-electron chi connectivity index (χ1n) is 10.9. The number of aliphatic hydroxyl groups is 1. The summed E-state index contributed by atoms with van der Waals surface area (Å²) in [5, 5.41) is 9.96. The Morgan fingerprint density at radius 1 is 0.972 bits per heavy atom. The Labute approximate surface area is 210 Å². The first-order valence-corrected chi connectivity index (χ1v) is 11.3. The van der Waals surface area contributed by atoms with Gasteiger partial charge in [-0.2, -0.15) is 0 Å². The van der Waals surface area contributed by atoms with Crippen LogP contribution >= 0.6 is 11.6 Å². The van der Waals surface area contributed by atoms with Gasteiger partial charge in [0.25, 0.3) is 0 Å². The molecule has 0 saturated carbocycles. The molecule has 0 fully saturated rings. The molecule has 0 unspecified atom stereocenters. The fourth-order valence-electron chi connectivity index (χ4n) is 3.58. The first-order chi connectivity index (χ1) is 17.0. The van der Waals surface area contributed by atoms with Crippen LogP contribution in [-0.2, 0) is 12.2 Å². The van der Waals surface area contributed by atoms with Gasteiger partial charge in [0.05, 0.1) is 17.6 Å². The van der Waals surface area contributed by atoms with Crippen molar-refractivity contribution in [2.45, 2.75) is 39.9 Å². The van der Waals surface area contributed by atoms with E-state index in [1.54, 1.807) is 52.1 Å². The van der Waals surface area contributed by atoms with Crippen molar-refractivity contribution in [3.8, 4) is 28.3 Å². The molecule has 0 radical (unpaired) electrons. The van der Waals surface area contributed by atoms with Crippen molar-refractivity contribution in [3.05, 3.63) is 88.0 Å². The average Bonchev–Trinajstić information content (AvgIpc) is 2.82. The van der Waals surface area contributed by atoms with Crippen LogP contribution in [0, 0.1) is 31.3 Å². The van der Waals surface area contributed by atoms with E-state index in [4.69, 9.17) is 16.3 Å². The van der Waals surface area contributed by atoms with Crippen molar-refractivity contribution < 1.29 is 23.0 Å². The lowest BCUT2D eigenvalue weighted by Crippen LogP contribution is -2.19. The van der Waals surface area contributed by atoms with E-state index < -0.39 is 23.1 Å². The maximum Gasteiger partial charge on any atom is 0.160 e. The zero-order valence-corrected chi connectivity index (χ0v) is 20.7. The summed E-state index contributed by atoms with van der Waals surface area (Å²) >= 11 is 6.29. The smallest absolute Gasteiger partial charge is 0.160 e. The zero-order valence-electron chi connectivity index (χ0n) is 19.9. The van der Waals surface area contributed by atoms with Gasteiger partial charge in [0.15, 0.2) is 17.5 Å². The minimum Gasteiger partial charge on any atom is -0.485 e. The molecule has 10 heteroatoms. The van der Waals surface area contributed by atoms with Gasteiger partial charge in [-0.1, -0.05) is 11.6 Å². The van der Waals surface area contributed by atoms with Crippen molar-refractivity contribution in [1.29, 1.82) is 0 Å². The van der Waals surface area contributed by atoms with Gasteiger partial charge in [-0.3, -0.25) is 9.97 Å². The van der Waals surface area contributed by atoms with Gasteiger partial charge in [0.2, 0.25) is 0 Å². The van der Waals surface area contributed by atoms with Crippen molar-refractivity contribution >= 4 is 11.6 Å². The summed E-state index contributed by atoms with van der Waals surface area (Å²) in [5.41, 5.74) is 1.52. The number of hydrogen-bond donors (Lipinski definition) is 1. The molecular weight excluding hydrogens is 493 g/mol. The molecule has 0 aliphatic heterocycles. The number of rotatable bonds is 6. The van der Waals surface area contributed by atoms with Crippen molar-refractivity contribution in [2.75, 3.05) is 0 Å². The second-order valence-electron chi connectivity index (χ2n) is 8.77. The molecule has 0 saturated heterocycles. The van der Waals surface area contributed by atoms with Crippen LogP contribution in [0.25, 0.3) is 22.5 Å². The maximum atomic E-state index is 15.6. The minimum absolute atomic E-state index is 0.00139. The monoisotopic (exact) mass is 514 g/mol. The third-order valence-corrected chi connectivity index (χ3v) is 5.81. The molecular formula is C26H22ClF3N4O2. The van der Waals surface area contributed by atoms with E-state index in [-0.39, 0.29) is 34.5 Å². The standard InChI is InChI=1S/C26H22ClF3N4O2/c1-13-7-21(36-12-20-17(29)8-15(28)11-33-20)23(27)24(30)22(13)16-9-19(32-10-14(16)2)18-5-6-31-25(34-18)26(3,4)35/h5-11,35H,12H2,1-4H3. The van der Waals surface area contributed by atoms with Crippen molar-refractivity contribution in [2.24, 2.45) is 0 Å². The fraction of sp³-hybridized carbons (Fsp3) is 0.231. The summed E-state index contributed by atoms with van der Waals surface area (Å²) < 4.78 is 48.1. The SMILES string of the molecule is Cc1cnc(-c2ccnc(C(C)(C)O)n2)cc1-c1c(C)cc(OCc2ncc(F)cc2F)c(Cl)c1F. The van der Waals surface area contributed by atoms with Crippen LogP contribution in [0.3, 0.4) is 0 Å². The van der Waals surface area contributed by atoms with E-state index >= 15 is 4.39 Å². The summed E-state index contributed by atoms with van der Waals surface area (Å²) in [6.45, 7) is 6.26. The lowest BCUT2D eigenvalue weighted by molar-refractivity contribution is 0.0688. The van der Waals surface area contributed by atoms with E-state index in [0.29, 0.717) is 34.1 Å². The highest BCUT2D eigenvalue weighted by Crippen LogP contribution is 2.39. The Morgan fingerprint density at radius 3 is 2.42 bits per heavy atom. The zero-order chi connectivity index (χ0) is 26.2. The maximum absolute atomic E-state index is 15.6. The van der Waals surface area contributed by atoms with Gasteiger partial charge in [0.1, 0.15) is 34.5 Å².